The molecule has 2 amide bonds. The Balaban J connectivity index is 0.702. The van der Waals surface area contributed by atoms with Crippen LogP contribution in [0.3, 0.4) is 0 Å². The predicted molar refractivity (Wildman–Crippen MR) is 267 cm³/mol. The number of hydrogen-bond acceptors (Lipinski definition) is 9. The van der Waals surface area contributed by atoms with Crippen molar-refractivity contribution in [2.75, 3.05) is 61.9 Å². The Kier molecular flexibility index (Phi) is 16.0. The molecular formula is C54H76N8O4. The van der Waals surface area contributed by atoms with E-state index in [-0.39, 0.29) is 28.7 Å². The van der Waals surface area contributed by atoms with Gasteiger partial charge < -0.3 is 25.6 Å². The van der Waals surface area contributed by atoms with Gasteiger partial charge in [-0.1, -0.05) is 65.2 Å². The second kappa shape index (κ2) is 22.2. The largest absolute Gasteiger partial charge is 0.494 e. The molecule has 2 bridgehead atoms. The molecule has 66 heavy (non-hydrogen) atoms. The Bertz CT molecular complexity index is 2300. The van der Waals surface area contributed by atoms with Gasteiger partial charge in [0.25, 0.3) is 5.56 Å². The van der Waals surface area contributed by atoms with Crippen molar-refractivity contribution in [1.82, 2.24) is 24.8 Å². The maximum Gasteiger partial charge on any atom is 0.257 e. The lowest BCUT2D eigenvalue weighted by molar-refractivity contribution is -0.124. The predicted octanol–water partition coefficient (Wildman–Crippen LogP) is 10.6. The number of nitrogens with one attached hydrogen (secondary N) is 3. The number of unbranched alkanes of at least 4 members (excludes halogenated alkanes) is 9. The number of aromatic nitrogens is 3. The van der Waals surface area contributed by atoms with Crippen molar-refractivity contribution >= 4 is 45.9 Å². The Morgan fingerprint density at radius 1 is 0.818 bits per heavy atom. The van der Waals surface area contributed by atoms with E-state index >= 15 is 0 Å². The number of anilines is 4. The van der Waals surface area contributed by atoms with Crippen LogP contribution in [0.1, 0.15) is 135 Å². The van der Waals surface area contributed by atoms with Crippen LogP contribution in [0.2, 0.25) is 0 Å². The molecule has 2 aromatic heterocycles. The smallest absolute Gasteiger partial charge is 0.257 e. The minimum Gasteiger partial charge on any atom is -0.494 e. The molecule has 8 rings (SSSR count). The van der Waals surface area contributed by atoms with Gasteiger partial charge in [0.15, 0.2) is 5.65 Å². The number of piperazine rings is 1. The molecule has 3 aliphatic carbocycles. The second-order valence-electron chi connectivity index (χ2n) is 20.9. The lowest BCUT2D eigenvalue weighted by atomic mass is 9.58. The van der Waals surface area contributed by atoms with Crippen molar-refractivity contribution in [1.29, 1.82) is 0 Å². The third-order valence-electron chi connectivity index (χ3n) is 15.0. The number of nitrogens with zero attached hydrogens (tertiary/aromatic N) is 5. The zero-order valence-corrected chi connectivity index (χ0v) is 40.3. The summed E-state index contributed by atoms with van der Waals surface area (Å²) in [7, 11) is 1.67. The molecule has 2 aromatic carbocycles. The fourth-order valence-electron chi connectivity index (χ4n) is 11.6. The van der Waals surface area contributed by atoms with Crippen LogP contribution in [-0.4, -0.2) is 77.6 Å². The van der Waals surface area contributed by atoms with E-state index in [1.807, 2.05) is 37.3 Å². The van der Waals surface area contributed by atoms with Gasteiger partial charge in [0.1, 0.15) is 5.75 Å². The lowest BCUT2D eigenvalue weighted by Crippen LogP contribution is -2.46. The van der Waals surface area contributed by atoms with Gasteiger partial charge in [0.05, 0.1) is 18.5 Å². The molecule has 4 aliphatic rings. The monoisotopic (exact) mass is 901 g/mol. The van der Waals surface area contributed by atoms with E-state index in [0.29, 0.717) is 28.7 Å². The molecule has 1 saturated heterocycles. The molecule has 3 saturated carbocycles. The van der Waals surface area contributed by atoms with Crippen LogP contribution in [0.25, 0.3) is 16.7 Å². The van der Waals surface area contributed by atoms with E-state index < -0.39 is 0 Å². The summed E-state index contributed by atoms with van der Waals surface area (Å²) in [5.41, 5.74) is 4.53. The first-order valence-corrected chi connectivity index (χ1v) is 25.5. The molecule has 3 heterocycles. The van der Waals surface area contributed by atoms with E-state index in [0.717, 1.165) is 98.5 Å². The first-order chi connectivity index (χ1) is 32.0. The summed E-state index contributed by atoms with van der Waals surface area (Å²) in [6, 6.07) is 15.1. The molecule has 12 nitrogen and oxygen atoms in total. The highest BCUT2D eigenvalue weighted by atomic mass is 16.5. The number of rotatable bonds is 22. The van der Waals surface area contributed by atoms with Crippen LogP contribution >= 0.6 is 0 Å². The first kappa shape index (κ1) is 47.5. The number of carbonyl (C=O) groups is 2. The first-order valence-electron chi connectivity index (χ1n) is 25.5. The van der Waals surface area contributed by atoms with Gasteiger partial charge in [-0.15, -0.1) is 0 Å². The highest BCUT2D eigenvalue weighted by Crippen LogP contribution is 2.51. The normalized spacial score (nSPS) is 22.0. The number of methoxy groups -OCH3 is 1. The van der Waals surface area contributed by atoms with Crippen LogP contribution in [0.4, 0.5) is 23.0 Å². The van der Waals surface area contributed by atoms with Crippen molar-refractivity contribution in [3.8, 4) is 11.4 Å². The van der Waals surface area contributed by atoms with Gasteiger partial charge in [0.2, 0.25) is 17.8 Å². The molecule has 0 spiro atoms. The number of hydrogen-bond donors (Lipinski definition) is 3. The summed E-state index contributed by atoms with van der Waals surface area (Å²) in [6.45, 7) is 12.7. The van der Waals surface area contributed by atoms with Crippen molar-refractivity contribution < 1.29 is 14.3 Å². The van der Waals surface area contributed by atoms with Gasteiger partial charge in [-0.05, 0) is 136 Å². The zero-order chi connectivity index (χ0) is 46.0. The maximum absolute atomic E-state index is 13.4. The van der Waals surface area contributed by atoms with Crippen molar-refractivity contribution in [3.63, 3.8) is 0 Å². The number of carbonyl (C=O) groups excluding carboxylic acids is 2. The lowest BCUT2D eigenvalue weighted by Gasteiger charge is -2.47. The second-order valence-corrected chi connectivity index (χ2v) is 20.9. The maximum atomic E-state index is 13.4. The number of pyridine rings is 1. The van der Waals surface area contributed by atoms with E-state index in [4.69, 9.17) is 9.72 Å². The third-order valence-corrected chi connectivity index (χ3v) is 15.0. The van der Waals surface area contributed by atoms with Gasteiger partial charge in [-0.25, -0.2) is 4.98 Å². The summed E-state index contributed by atoms with van der Waals surface area (Å²) >= 11 is 0. The summed E-state index contributed by atoms with van der Waals surface area (Å²) in [6.07, 6.45) is 23.8. The molecule has 2 unspecified atom stereocenters. The molecule has 12 heteroatoms. The zero-order valence-electron chi connectivity index (χ0n) is 40.3. The Morgan fingerprint density at radius 3 is 2.14 bits per heavy atom. The van der Waals surface area contributed by atoms with Crippen molar-refractivity contribution in [2.45, 2.75) is 136 Å². The Morgan fingerprint density at radius 2 is 1.47 bits per heavy atom. The van der Waals surface area contributed by atoms with Gasteiger partial charge in [0, 0.05) is 80.2 Å². The fourth-order valence-corrected chi connectivity index (χ4v) is 11.6. The quantitative estimate of drug-likeness (QED) is 0.0659. The number of fused-ring (bicyclic) bond motifs is 3. The molecule has 0 radical (unpaired) electrons. The average Bonchev–Trinajstić information content (AvgIpc) is 4.15. The van der Waals surface area contributed by atoms with Gasteiger partial charge >= 0.3 is 0 Å². The minimum atomic E-state index is -0.195. The molecule has 356 valence electrons. The Labute approximate surface area is 393 Å². The van der Waals surface area contributed by atoms with E-state index in [1.54, 1.807) is 23.9 Å². The third kappa shape index (κ3) is 12.7. The summed E-state index contributed by atoms with van der Waals surface area (Å²) in [4.78, 5) is 52.9. The summed E-state index contributed by atoms with van der Waals surface area (Å²) in [5.74, 6) is 4.05. The molecule has 4 aromatic rings. The van der Waals surface area contributed by atoms with E-state index in [9.17, 15) is 14.4 Å². The topological polar surface area (TPSA) is 134 Å². The summed E-state index contributed by atoms with van der Waals surface area (Å²) in [5, 5.41) is 10.3. The van der Waals surface area contributed by atoms with E-state index in [2.05, 4.69) is 56.7 Å². The van der Waals surface area contributed by atoms with Crippen molar-refractivity contribution in [2.24, 2.45) is 29.1 Å². The van der Waals surface area contributed by atoms with Crippen LogP contribution in [0.5, 0.6) is 5.75 Å². The Hall–Kier alpha value is -4.97. The number of benzene rings is 2. The molecule has 1 aliphatic heterocycles. The summed E-state index contributed by atoms with van der Waals surface area (Å²) < 4.78 is 7.44. The van der Waals surface area contributed by atoms with Crippen LogP contribution in [-0.2, 0) is 9.59 Å². The van der Waals surface area contributed by atoms with E-state index in [1.165, 1.54) is 96.4 Å². The molecule has 4 fully saturated rings. The number of ether oxygens (including phenoxy) is 1. The van der Waals surface area contributed by atoms with Gasteiger partial charge in [-0.3, -0.25) is 23.9 Å². The molecular weight excluding hydrogens is 825 g/mol. The highest BCUT2D eigenvalue weighted by molar-refractivity contribution is 5.94. The number of aryl methyl sites for hydroxylation is 1. The average molecular weight is 901 g/mol. The van der Waals surface area contributed by atoms with Crippen molar-refractivity contribution in [3.05, 3.63) is 70.6 Å². The van der Waals surface area contributed by atoms with Crippen LogP contribution in [0.15, 0.2) is 59.5 Å². The minimum absolute atomic E-state index is 0.0427. The molecule has 2 atom stereocenters. The highest BCUT2D eigenvalue weighted by Gasteiger charge is 2.41. The fraction of sp³-hybridized carbons (Fsp3) is 0.611. The molecule has 3 N–H and O–H groups in total. The number of amides is 2. The standard InChI is InChI=1S/C54H76N8O4/c1-38-29-40-32-41(30-38)35-54(3,34-40)36-49(63)55-23-13-11-9-7-5-6-8-10-12-14-24-60-25-27-61(28-26-60)45-21-22-47(48(33-45)66-4)58-53-56-37-46-39(2)31-50(64)62(51(46)59-53)44-19-17-43(18-20-44)57-52(65)42-15-16-42/h17-22,31,33,37-38,40-42H,5-16,23-30,32,34-36H2,1-4H3,(H,55,63)(H,57,65)(H,56,58,59). The van der Waals surface area contributed by atoms with Crippen LogP contribution < -0.4 is 31.1 Å². The SMILES string of the molecule is COc1cc(N2CCN(CCCCCCCCCCCCNC(=O)CC3(C)CC4CC(C)CC(C4)C3)CC2)ccc1Nc1ncc2c(C)cc(=O)n(-c3ccc(NC(=O)C4CC4)cc3)c2n1. The van der Waals surface area contributed by atoms with Gasteiger partial charge in [-0.2, -0.15) is 4.98 Å². The van der Waals surface area contributed by atoms with Crippen LogP contribution in [0, 0.1) is 36.0 Å².